The number of carbonyl (C=O) groups excluding carboxylic acids is 1. The number of benzene rings is 2. The molecule has 4 nitrogen and oxygen atoms in total. The van der Waals surface area contributed by atoms with Gasteiger partial charge in [0.2, 0.25) is 0 Å². The summed E-state index contributed by atoms with van der Waals surface area (Å²) in [5.41, 5.74) is 3.84. The van der Waals surface area contributed by atoms with Crippen molar-refractivity contribution in [2.75, 3.05) is 18.1 Å². The predicted octanol–water partition coefficient (Wildman–Crippen LogP) is 3.69. The van der Waals surface area contributed by atoms with Crippen molar-refractivity contribution in [1.82, 2.24) is 0 Å². The second kappa shape index (κ2) is 8.73. The lowest BCUT2D eigenvalue weighted by atomic mass is 10.0. The molecule has 0 radical (unpaired) electrons. The van der Waals surface area contributed by atoms with Gasteiger partial charge in [-0.25, -0.2) is 0 Å². The minimum atomic E-state index is -0.270. The first-order valence-electron chi connectivity index (χ1n) is 8.15. The zero-order valence-corrected chi connectivity index (χ0v) is 14.2. The van der Waals surface area contributed by atoms with Crippen molar-refractivity contribution in [1.29, 1.82) is 5.26 Å². The lowest BCUT2D eigenvalue weighted by Crippen LogP contribution is -2.31. The average Bonchev–Trinajstić information content (AvgIpc) is 2.62. The molecule has 2 aromatic carbocycles. The summed E-state index contributed by atoms with van der Waals surface area (Å²) in [6.45, 7) is 5.02. The molecule has 0 amide bonds. The van der Waals surface area contributed by atoms with Crippen LogP contribution in [0.2, 0.25) is 0 Å². The number of anilines is 1. The van der Waals surface area contributed by atoms with Crippen molar-refractivity contribution in [2.45, 2.75) is 26.8 Å². The lowest BCUT2D eigenvalue weighted by molar-refractivity contribution is -0.141. The van der Waals surface area contributed by atoms with E-state index in [1.54, 1.807) is 19.1 Å². The monoisotopic (exact) mass is 322 g/mol. The molecule has 0 saturated heterocycles. The van der Waals surface area contributed by atoms with Gasteiger partial charge in [0.05, 0.1) is 18.2 Å². The second-order valence-corrected chi connectivity index (χ2v) is 5.45. The van der Waals surface area contributed by atoms with Gasteiger partial charge in [-0.05, 0) is 42.7 Å². The lowest BCUT2D eigenvalue weighted by Gasteiger charge is -2.25. The Hall–Kier alpha value is -2.80. The number of hydrogen-bond acceptors (Lipinski definition) is 4. The summed E-state index contributed by atoms with van der Waals surface area (Å²) in [5, 5.41) is 9.12. The number of aryl methyl sites for hydroxylation is 1. The molecule has 24 heavy (non-hydrogen) atoms. The molecule has 0 unspecified atom stereocenters. The molecular weight excluding hydrogens is 300 g/mol. The summed E-state index contributed by atoms with van der Waals surface area (Å²) in [6.07, 6.45) is 0.932. The van der Waals surface area contributed by atoms with Gasteiger partial charge < -0.3 is 9.64 Å². The summed E-state index contributed by atoms with van der Waals surface area (Å²) in [4.78, 5) is 13.9. The van der Waals surface area contributed by atoms with Gasteiger partial charge in [0.25, 0.3) is 0 Å². The molecule has 0 aliphatic heterocycles. The molecule has 4 heteroatoms. The Morgan fingerprint density at radius 2 is 1.88 bits per heavy atom. The summed E-state index contributed by atoms with van der Waals surface area (Å²) in [6, 6.07) is 17.6. The Labute approximate surface area is 143 Å². The summed E-state index contributed by atoms with van der Waals surface area (Å²) in [7, 11) is 0. The van der Waals surface area contributed by atoms with Gasteiger partial charge in [-0.3, -0.25) is 4.79 Å². The highest BCUT2D eigenvalue weighted by Gasteiger charge is 2.15. The fourth-order valence-corrected chi connectivity index (χ4v) is 2.64. The number of carbonyl (C=O) groups is 1. The summed E-state index contributed by atoms with van der Waals surface area (Å²) in [5.74, 6) is -0.270. The molecular formula is C20H22N2O2. The molecule has 0 heterocycles. The fourth-order valence-electron chi connectivity index (χ4n) is 2.64. The van der Waals surface area contributed by atoms with Crippen LogP contribution in [0.25, 0.3) is 0 Å². The Balaban J connectivity index is 2.31. The Bertz CT molecular complexity index is 734. The van der Waals surface area contributed by atoms with E-state index in [2.05, 4.69) is 25.1 Å². The van der Waals surface area contributed by atoms with E-state index in [0.29, 0.717) is 18.7 Å². The number of ether oxygens (including phenoxy) is 1. The third-order valence-corrected chi connectivity index (χ3v) is 3.83. The average molecular weight is 322 g/mol. The number of nitrogens with zero attached hydrogens (tertiary/aromatic N) is 2. The maximum atomic E-state index is 12.0. The Morgan fingerprint density at radius 1 is 1.12 bits per heavy atom. The largest absolute Gasteiger partial charge is 0.465 e. The van der Waals surface area contributed by atoms with Crippen LogP contribution in [0.3, 0.4) is 0 Å². The number of nitriles is 1. The van der Waals surface area contributed by atoms with Gasteiger partial charge in [0.15, 0.2) is 0 Å². The molecule has 0 bridgehead atoms. The second-order valence-electron chi connectivity index (χ2n) is 5.45. The van der Waals surface area contributed by atoms with Gasteiger partial charge in [-0.15, -0.1) is 0 Å². The Morgan fingerprint density at radius 3 is 2.54 bits per heavy atom. The number of hydrogen-bond donors (Lipinski definition) is 0. The van der Waals surface area contributed by atoms with Crippen LogP contribution in [-0.4, -0.2) is 19.1 Å². The van der Waals surface area contributed by atoms with Crippen molar-refractivity contribution in [3.63, 3.8) is 0 Å². The van der Waals surface area contributed by atoms with E-state index in [-0.39, 0.29) is 12.5 Å². The van der Waals surface area contributed by atoms with E-state index < -0.39 is 0 Å². The standard InChI is InChI=1S/C20H22N2O2/c1-3-17-9-5-6-10-18(17)14-22(15-20(23)24-4-2)19-11-7-8-16(12-19)13-21/h5-12H,3-4,14-15H2,1-2H3. The highest BCUT2D eigenvalue weighted by Crippen LogP contribution is 2.21. The highest BCUT2D eigenvalue weighted by molar-refractivity contribution is 5.76. The molecule has 2 rings (SSSR count). The fraction of sp³-hybridized carbons (Fsp3) is 0.300. The molecule has 0 N–H and O–H groups in total. The molecule has 0 atom stereocenters. The molecule has 0 fully saturated rings. The smallest absolute Gasteiger partial charge is 0.325 e. The predicted molar refractivity (Wildman–Crippen MR) is 94.7 cm³/mol. The Kier molecular flexibility index (Phi) is 6.39. The number of esters is 1. The third-order valence-electron chi connectivity index (χ3n) is 3.83. The maximum absolute atomic E-state index is 12.0. The van der Waals surface area contributed by atoms with Crippen molar-refractivity contribution < 1.29 is 9.53 Å². The van der Waals surface area contributed by atoms with E-state index in [1.807, 2.05) is 29.2 Å². The van der Waals surface area contributed by atoms with Gasteiger partial charge in [0, 0.05) is 12.2 Å². The van der Waals surface area contributed by atoms with Crippen LogP contribution in [0.4, 0.5) is 5.69 Å². The first-order chi connectivity index (χ1) is 11.7. The van der Waals surface area contributed by atoms with Crippen LogP contribution in [0.1, 0.15) is 30.5 Å². The first-order valence-corrected chi connectivity index (χ1v) is 8.15. The maximum Gasteiger partial charge on any atom is 0.325 e. The van der Waals surface area contributed by atoms with Crippen molar-refractivity contribution in [3.05, 3.63) is 65.2 Å². The van der Waals surface area contributed by atoms with Crippen LogP contribution in [0.15, 0.2) is 48.5 Å². The van der Waals surface area contributed by atoms with Gasteiger partial charge >= 0.3 is 5.97 Å². The van der Waals surface area contributed by atoms with Crippen LogP contribution in [0, 0.1) is 11.3 Å². The third kappa shape index (κ3) is 4.60. The van der Waals surface area contributed by atoms with Crippen LogP contribution < -0.4 is 4.90 Å². The quantitative estimate of drug-likeness (QED) is 0.730. The first kappa shape index (κ1) is 17.6. The summed E-state index contributed by atoms with van der Waals surface area (Å²) >= 11 is 0. The van der Waals surface area contributed by atoms with Gasteiger partial charge in [-0.2, -0.15) is 5.26 Å². The van der Waals surface area contributed by atoms with Crippen molar-refractivity contribution in [3.8, 4) is 6.07 Å². The number of rotatable bonds is 7. The highest BCUT2D eigenvalue weighted by atomic mass is 16.5. The van der Waals surface area contributed by atoms with Crippen LogP contribution in [-0.2, 0) is 22.5 Å². The van der Waals surface area contributed by atoms with E-state index in [0.717, 1.165) is 12.1 Å². The summed E-state index contributed by atoms with van der Waals surface area (Å²) < 4.78 is 5.10. The topological polar surface area (TPSA) is 53.3 Å². The van der Waals surface area contributed by atoms with E-state index >= 15 is 0 Å². The normalized spacial score (nSPS) is 10.0. The van der Waals surface area contributed by atoms with Gasteiger partial charge in [0.1, 0.15) is 6.54 Å². The minimum absolute atomic E-state index is 0.154. The van der Waals surface area contributed by atoms with E-state index in [1.165, 1.54) is 11.1 Å². The van der Waals surface area contributed by atoms with Crippen molar-refractivity contribution in [2.24, 2.45) is 0 Å². The van der Waals surface area contributed by atoms with Crippen LogP contribution >= 0.6 is 0 Å². The van der Waals surface area contributed by atoms with Gasteiger partial charge in [-0.1, -0.05) is 37.3 Å². The molecule has 0 aliphatic carbocycles. The molecule has 0 aromatic heterocycles. The minimum Gasteiger partial charge on any atom is -0.465 e. The zero-order valence-electron chi connectivity index (χ0n) is 14.2. The zero-order chi connectivity index (χ0) is 17.4. The molecule has 0 spiro atoms. The van der Waals surface area contributed by atoms with E-state index in [4.69, 9.17) is 10.00 Å². The molecule has 0 aliphatic rings. The SMILES string of the molecule is CCOC(=O)CN(Cc1ccccc1CC)c1cccc(C#N)c1. The molecule has 0 saturated carbocycles. The van der Waals surface area contributed by atoms with E-state index in [9.17, 15) is 4.79 Å². The molecule has 124 valence electrons. The van der Waals surface area contributed by atoms with Crippen LogP contribution in [0.5, 0.6) is 0 Å². The molecule has 2 aromatic rings. The van der Waals surface area contributed by atoms with Crippen molar-refractivity contribution >= 4 is 11.7 Å².